The average Bonchev–Trinajstić information content (AvgIpc) is 2.14. The van der Waals surface area contributed by atoms with Crippen molar-refractivity contribution in [2.45, 2.75) is 0 Å². The van der Waals surface area contributed by atoms with Crippen LogP contribution in [0.25, 0.3) is 0 Å². The lowest BCUT2D eigenvalue weighted by Gasteiger charge is -1.80. The molecule has 0 saturated carbocycles. The van der Waals surface area contributed by atoms with E-state index in [2.05, 4.69) is 9.97 Å². The summed E-state index contributed by atoms with van der Waals surface area (Å²) in [6.07, 6.45) is 1.33. The molecule has 1 rings (SSSR count). The number of hydrogen-bond donors (Lipinski definition) is 2. The Hall–Kier alpha value is -1.03. The highest BCUT2D eigenvalue weighted by molar-refractivity contribution is 6.67. The topological polar surface area (TPSA) is 71.8 Å². The first-order chi connectivity index (χ1) is 4.20. The number of aromatic amines is 1. The first kappa shape index (κ1) is 6.10. The summed E-state index contributed by atoms with van der Waals surface area (Å²) >= 11 is 5.03. The van der Waals surface area contributed by atoms with Gasteiger partial charge in [-0.2, -0.15) is 0 Å². The van der Waals surface area contributed by atoms with Crippen LogP contribution in [0.5, 0.6) is 0 Å². The van der Waals surface area contributed by atoms with Gasteiger partial charge in [-0.05, 0) is 11.6 Å². The monoisotopic (exact) mass is 145 g/mol. The number of rotatable bonds is 1. The molecule has 0 aliphatic heterocycles. The first-order valence-corrected chi connectivity index (χ1v) is 2.58. The van der Waals surface area contributed by atoms with Gasteiger partial charge in [0.05, 0.1) is 6.20 Å². The standard InChI is InChI=1S/C4H4ClN3O/c5-3(9)4-7-1-2(6)8-4/h1H,6H2,(H,7,8). The van der Waals surface area contributed by atoms with E-state index in [1.165, 1.54) is 6.20 Å². The van der Waals surface area contributed by atoms with Crippen LogP contribution in [0.2, 0.25) is 0 Å². The molecule has 0 saturated heterocycles. The molecule has 0 radical (unpaired) electrons. The van der Waals surface area contributed by atoms with E-state index < -0.39 is 5.24 Å². The van der Waals surface area contributed by atoms with E-state index in [1.54, 1.807) is 0 Å². The van der Waals surface area contributed by atoms with E-state index in [9.17, 15) is 4.79 Å². The van der Waals surface area contributed by atoms with Gasteiger partial charge in [-0.25, -0.2) is 4.98 Å². The van der Waals surface area contributed by atoms with Crippen molar-refractivity contribution in [1.82, 2.24) is 9.97 Å². The van der Waals surface area contributed by atoms with Crippen LogP contribution in [-0.2, 0) is 0 Å². The summed E-state index contributed by atoms with van der Waals surface area (Å²) < 4.78 is 0. The normalized spacial score (nSPS) is 9.44. The molecule has 1 aromatic heterocycles. The third-order valence-electron chi connectivity index (χ3n) is 0.782. The van der Waals surface area contributed by atoms with Crippen molar-refractivity contribution in [3.8, 4) is 0 Å². The zero-order valence-corrected chi connectivity index (χ0v) is 5.14. The van der Waals surface area contributed by atoms with Crippen LogP contribution in [0.15, 0.2) is 6.20 Å². The maximum Gasteiger partial charge on any atom is 0.287 e. The van der Waals surface area contributed by atoms with E-state index in [0.29, 0.717) is 5.82 Å². The van der Waals surface area contributed by atoms with Gasteiger partial charge in [-0.1, -0.05) is 0 Å². The lowest BCUT2D eigenvalue weighted by molar-refractivity contribution is 0.107. The highest BCUT2D eigenvalue weighted by Crippen LogP contribution is 1.99. The Morgan fingerprint density at radius 1 is 1.89 bits per heavy atom. The second-order valence-corrected chi connectivity index (χ2v) is 1.80. The van der Waals surface area contributed by atoms with Gasteiger partial charge in [0.1, 0.15) is 5.82 Å². The van der Waals surface area contributed by atoms with Crippen molar-refractivity contribution < 1.29 is 4.79 Å². The van der Waals surface area contributed by atoms with Crippen molar-refractivity contribution >= 4 is 22.7 Å². The quantitative estimate of drug-likeness (QED) is 0.561. The second kappa shape index (κ2) is 2.06. The van der Waals surface area contributed by atoms with Crippen LogP contribution < -0.4 is 5.73 Å². The number of aromatic nitrogens is 2. The molecule has 0 atom stereocenters. The summed E-state index contributed by atoms with van der Waals surface area (Å²) in [6.45, 7) is 0. The van der Waals surface area contributed by atoms with Crippen molar-refractivity contribution in [2.75, 3.05) is 5.73 Å². The van der Waals surface area contributed by atoms with E-state index >= 15 is 0 Å². The van der Waals surface area contributed by atoms with E-state index in [0.717, 1.165) is 0 Å². The number of hydrogen-bond acceptors (Lipinski definition) is 3. The zero-order chi connectivity index (χ0) is 6.85. The highest BCUT2D eigenvalue weighted by Gasteiger charge is 2.03. The Kier molecular flexibility index (Phi) is 1.40. The number of nitrogens with two attached hydrogens (primary N) is 1. The number of H-pyrrole nitrogens is 1. The average molecular weight is 146 g/mol. The van der Waals surface area contributed by atoms with Gasteiger partial charge < -0.3 is 10.7 Å². The van der Waals surface area contributed by atoms with Gasteiger partial charge in [0, 0.05) is 0 Å². The van der Waals surface area contributed by atoms with Crippen LogP contribution in [0.1, 0.15) is 10.6 Å². The molecule has 0 aliphatic rings. The summed E-state index contributed by atoms with van der Waals surface area (Å²) in [5.41, 5.74) is 5.19. The predicted molar refractivity (Wildman–Crippen MR) is 33.2 cm³/mol. The van der Waals surface area contributed by atoms with Crippen LogP contribution in [0.4, 0.5) is 5.82 Å². The van der Waals surface area contributed by atoms with E-state index in [4.69, 9.17) is 17.3 Å². The van der Waals surface area contributed by atoms with Gasteiger partial charge in [0.15, 0.2) is 5.82 Å². The number of imidazole rings is 1. The maximum atomic E-state index is 10.3. The minimum absolute atomic E-state index is 0.0779. The molecule has 0 unspecified atom stereocenters. The van der Waals surface area contributed by atoms with Crippen molar-refractivity contribution in [1.29, 1.82) is 0 Å². The number of nitrogens with zero attached hydrogens (tertiary/aromatic N) is 1. The smallest absolute Gasteiger partial charge is 0.287 e. The molecule has 0 aromatic carbocycles. The molecular weight excluding hydrogens is 142 g/mol. The minimum atomic E-state index is -0.633. The Bertz CT molecular complexity index is 231. The number of carbonyl (C=O) groups excluding carboxylic acids is 1. The fraction of sp³-hybridized carbons (Fsp3) is 0. The number of nitrogens with one attached hydrogen (secondary N) is 1. The molecule has 9 heavy (non-hydrogen) atoms. The molecule has 3 N–H and O–H groups in total. The molecule has 48 valence electrons. The lowest BCUT2D eigenvalue weighted by atomic mass is 10.7. The van der Waals surface area contributed by atoms with Crippen LogP contribution >= 0.6 is 11.6 Å². The summed E-state index contributed by atoms with van der Waals surface area (Å²) in [6, 6.07) is 0. The van der Waals surface area contributed by atoms with Gasteiger partial charge in [0.25, 0.3) is 5.24 Å². The molecule has 0 spiro atoms. The number of anilines is 1. The maximum absolute atomic E-state index is 10.3. The van der Waals surface area contributed by atoms with Gasteiger partial charge >= 0.3 is 0 Å². The summed E-state index contributed by atoms with van der Waals surface area (Å²) in [5, 5.41) is -0.633. The van der Waals surface area contributed by atoms with Gasteiger partial charge in [-0.3, -0.25) is 4.79 Å². The third-order valence-corrected chi connectivity index (χ3v) is 0.961. The van der Waals surface area contributed by atoms with Crippen LogP contribution in [-0.4, -0.2) is 15.2 Å². The Balaban J connectivity index is 2.98. The number of carbonyl (C=O) groups is 1. The summed E-state index contributed by atoms with van der Waals surface area (Å²) in [4.78, 5) is 16.3. The van der Waals surface area contributed by atoms with Gasteiger partial charge in [-0.15, -0.1) is 0 Å². The Morgan fingerprint density at radius 2 is 2.56 bits per heavy atom. The molecule has 0 aliphatic carbocycles. The summed E-state index contributed by atoms with van der Waals surface area (Å²) in [5.74, 6) is 0.410. The first-order valence-electron chi connectivity index (χ1n) is 2.20. The fourth-order valence-electron chi connectivity index (χ4n) is 0.435. The van der Waals surface area contributed by atoms with E-state index in [1.807, 2.05) is 0 Å². The predicted octanol–water partition coefficient (Wildman–Crippen LogP) is 0.371. The molecular formula is C4H4ClN3O. The number of nitrogen functional groups attached to an aromatic ring is 1. The van der Waals surface area contributed by atoms with Crippen molar-refractivity contribution in [3.05, 3.63) is 12.0 Å². The minimum Gasteiger partial charge on any atom is -0.384 e. The molecule has 1 aromatic rings. The van der Waals surface area contributed by atoms with Crippen LogP contribution in [0, 0.1) is 0 Å². The largest absolute Gasteiger partial charge is 0.384 e. The SMILES string of the molecule is Nc1cnc(C(=O)Cl)[nH]1. The molecule has 0 bridgehead atoms. The van der Waals surface area contributed by atoms with E-state index in [-0.39, 0.29) is 5.82 Å². The summed E-state index contributed by atoms with van der Waals surface area (Å²) in [7, 11) is 0. The third kappa shape index (κ3) is 1.20. The highest BCUT2D eigenvalue weighted by atomic mass is 35.5. The Labute approximate surface area is 56.0 Å². The fourth-order valence-corrected chi connectivity index (χ4v) is 0.531. The lowest BCUT2D eigenvalue weighted by Crippen LogP contribution is -1.91. The molecule has 0 amide bonds. The molecule has 1 heterocycles. The zero-order valence-electron chi connectivity index (χ0n) is 4.39. The van der Waals surface area contributed by atoms with Gasteiger partial charge in [0.2, 0.25) is 0 Å². The van der Waals surface area contributed by atoms with Crippen molar-refractivity contribution in [2.24, 2.45) is 0 Å². The molecule has 5 heteroatoms. The number of halogens is 1. The molecule has 0 fully saturated rings. The van der Waals surface area contributed by atoms with Crippen LogP contribution in [0.3, 0.4) is 0 Å². The Morgan fingerprint density at radius 3 is 2.78 bits per heavy atom. The second-order valence-electron chi connectivity index (χ2n) is 1.46. The molecule has 4 nitrogen and oxygen atoms in total. The van der Waals surface area contributed by atoms with Crippen molar-refractivity contribution in [3.63, 3.8) is 0 Å².